The molecule has 1 unspecified atom stereocenters. The second kappa shape index (κ2) is 12.2. The minimum absolute atomic E-state index is 0.0633. The number of aromatic amines is 1. The summed E-state index contributed by atoms with van der Waals surface area (Å²) < 4.78 is 5.50. The van der Waals surface area contributed by atoms with Crippen LogP contribution < -0.4 is 15.5 Å². The second-order valence-corrected chi connectivity index (χ2v) is 11.3. The van der Waals surface area contributed by atoms with Crippen molar-refractivity contribution in [2.45, 2.75) is 31.8 Å². The van der Waals surface area contributed by atoms with Crippen LogP contribution in [0.3, 0.4) is 0 Å². The summed E-state index contributed by atoms with van der Waals surface area (Å²) >= 11 is 0. The quantitative estimate of drug-likeness (QED) is 0.269. The molecule has 0 aliphatic carbocycles. The maximum atomic E-state index is 13.3. The van der Waals surface area contributed by atoms with E-state index in [-0.39, 0.29) is 11.8 Å². The van der Waals surface area contributed by atoms with Crippen LogP contribution in [0, 0.1) is 0 Å². The molecule has 6 rings (SSSR count). The number of aromatic nitrogens is 4. The fourth-order valence-electron chi connectivity index (χ4n) is 5.82. The van der Waals surface area contributed by atoms with Crippen LogP contribution in [0.5, 0.6) is 0 Å². The highest BCUT2D eigenvalue weighted by Gasteiger charge is 2.34. The molecule has 3 N–H and O–H groups in total. The smallest absolute Gasteiger partial charge is 0.254 e. The van der Waals surface area contributed by atoms with E-state index >= 15 is 0 Å². The Labute approximate surface area is 250 Å². The highest BCUT2D eigenvalue weighted by atomic mass is 16.5. The van der Waals surface area contributed by atoms with E-state index in [0.717, 1.165) is 65.4 Å². The first-order valence-corrected chi connectivity index (χ1v) is 14.6. The van der Waals surface area contributed by atoms with Crippen LogP contribution in [-0.2, 0) is 16.1 Å². The molecule has 43 heavy (non-hydrogen) atoms. The van der Waals surface area contributed by atoms with Crippen molar-refractivity contribution in [3.05, 3.63) is 78.9 Å². The highest BCUT2D eigenvalue weighted by Crippen LogP contribution is 2.30. The molecule has 2 fully saturated rings. The van der Waals surface area contributed by atoms with Gasteiger partial charge in [-0.1, -0.05) is 18.7 Å². The maximum Gasteiger partial charge on any atom is 0.254 e. The zero-order valence-corrected chi connectivity index (χ0v) is 24.3. The number of piperidine rings is 1. The number of rotatable bonds is 8. The molecule has 0 saturated carbocycles. The molecule has 11 heteroatoms. The largest absolute Gasteiger partial charge is 0.379 e. The van der Waals surface area contributed by atoms with Gasteiger partial charge in [0.15, 0.2) is 0 Å². The molecule has 2 amide bonds. The van der Waals surface area contributed by atoms with E-state index in [2.05, 4.69) is 60.2 Å². The van der Waals surface area contributed by atoms with Crippen molar-refractivity contribution in [3.63, 3.8) is 0 Å². The van der Waals surface area contributed by atoms with E-state index in [0.29, 0.717) is 38.4 Å². The zero-order valence-electron chi connectivity index (χ0n) is 24.3. The van der Waals surface area contributed by atoms with E-state index < -0.39 is 5.54 Å². The van der Waals surface area contributed by atoms with E-state index in [1.165, 1.54) is 6.08 Å². The molecule has 0 radical (unpaired) electrons. The summed E-state index contributed by atoms with van der Waals surface area (Å²) in [6.07, 6.45) is 6.16. The number of fused-ring (bicyclic) bond motifs is 1. The van der Waals surface area contributed by atoms with Gasteiger partial charge < -0.3 is 30.2 Å². The van der Waals surface area contributed by atoms with Gasteiger partial charge >= 0.3 is 0 Å². The molecule has 3 aromatic heterocycles. The van der Waals surface area contributed by atoms with Crippen LogP contribution in [0.4, 0.5) is 11.5 Å². The van der Waals surface area contributed by atoms with Gasteiger partial charge in [-0.3, -0.25) is 14.6 Å². The summed E-state index contributed by atoms with van der Waals surface area (Å²) in [5.41, 5.74) is 4.64. The number of nitrogens with zero attached hydrogens (tertiary/aromatic N) is 5. The molecule has 222 valence electrons. The Morgan fingerprint density at radius 1 is 1.09 bits per heavy atom. The second-order valence-electron chi connectivity index (χ2n) is 11.3. The fourth-order valence-corrected chi connectivity index (χ4v) is 5.82. The molecule has 2 saturated heterocycles. The summed E-state index contributed by atoms with van der Waals surface area (Å²) in [6.45, 7) is 10.1. The van der Waals surface area contributed by atoms with E-state index in [1.54, 1.807) is 23.5 Å². The van der Waals surface area contributed by atoms with Gasteiger partial charge in [0.1, 0.15) is 17.8 Å². The summed E-state index contributed by atoms with van der Waals surface area (Å²) in [5, 5.41) is 7.39. The number of likely N-dealkylation sites (tertiary alicyclic amines) is 1. The lowest BCUT2D eigenvalue weighted by molar-refractivity contribution is -0.118. The van der Waals surface area contributed by atoms with Crippen LogP contribution in [0.1, 0.15) is 35.8 Å². The van der Waals surface area contributed by atoms with Gasteiger partial charge in [0.25, 0.3) is 5.91 Å². The lowest BCUT2D eigenvalue weighted by atomic mass is 9.90. The summed E-state index contributed by atoms with van der Waals surface area (Å²) in [5.74, 6) is 0.637. The van der Waals surface area contributed by atoms with Crippen molar-refractivity contribution in [2.24, 2.45) is 0 Å². The number of pyridine rings is 1. The summed E-state index contributed by atoms with van der Waals surface area (Å²) in [6, 6.07) is 13.8. The van der Waals surface area contributed by atoms with E-state index in [1.807, 2.05) is 25.1 Å². The predicted molar refractivity (Wildman–Crippen MR) is 166 cm³/mol. The first-order valence-electron chi connectivity index (χ1n) is 14.6. The molecule has 1 aromatic carbocycles. The van der Waals surface area contributed by atoms with Crippen LogP contribution >= 0.6 is 0 Å². The standard InChI is InChI=1S/C32H36N8O3/c1-3-28(41)38-32(2)10-4-12-40(20-32)31(42)23-9-11-33-25(17-23)19-34-24-7-5-22(6-8-24)27-18-26-29(37-27)35-21-36-30(26)39-13-15-43-16-14-39/h3,5-9,11,17-18,21,34H,1,4,10,12-16,19-20H2,2H3,(H,38,41)(H,35,36,37). The molecule has 11 nitrogen and oxygen atoms in total. The monoisotopic (exact) mass is 580 g/mol. The van der Waals surface area contributed by atoms with Crippen molar-refractivity contribution < 1.29 is 14.3 Å². The lowest BCUT2D eigenvalue weighted by Crippen LogP contribution is -2.57. The Morgan fingerprint density at radius 3 is 2.70 bits per heavy atom. The first-order chi connectivity index (χ1) is 20.9. The Hall–Kier alpha value is -4.77. The third-order valence-electron chi connectivity index (χ3n) is 8.04. The number of H-pyrrole nitrogens is 1. The van der Waals surface area contributed by atoms with Crippen molar-refractivity contribution >= 4 is 34.4 Å². The number of carbonyl (C=O) groups excluding carboxylic acids is 2. The SMILES string of the molecule is C=CC(=O)NC1(C)CCCN(C(=O)c2ccnc(CNc3ccc(-c4cc5c(N6CCOCC6)ncnc5[nH]4)cc3)c2)C1. The third kappa shape index (κ3) is 6.36. The van der Waals surface area contributed by atoms with E-state index in [4.69, 9.17) is 4.74 Å². The van der Waals surface area contributed by atoms with Crippen LogP contribution in [0.25, 0.3) is 22.3 Å². The molecular weight excluding hydrogens is 544 g/mol. The zero-order chi connectivity index (χ0) is 29.8. The number of benzene rings is 1. The number of anilines is 2. The molecular formula is C32H36N8O3. The minimum atomic E-state index is -0.478. The van der Waals surface area contributed by atoms with Gasteiger partial charge in [0.05, 0.1) is 36.4 Å². The maximum absolute atomic E-state index is 13.3. The molecule has 5 heterocycles. The van der Waals surface area contributed by atoms with Crippen molar-refractivity contribution in [2.75, 3.05) is 49.6 Å². The molecule has 2 aliphatic heterocycles. The van der Waals surface area contributed by atoms with Crippen LogP contribution in [0.15, 0.2) is 67.6 Å². The highest BCUT2D eigenvalue weighted by molar-refractivity contribution is 5.95. The number of carbonyl (C=O) groups is 2. The number of ether oxygens (including phenoxy) is 1. The number of hydrogen-bond donors (Lipinski definition) is 3. The molecule has 2 aliphatic rings. The average Bonchev–Trinajstić information content (AvgIpc) is 3.49. The predicted octanol–water partition coefficient (Wildman–Crippen LogP) is 3.77. The summed E-state index contributed by atoms with van der Waals surface area (Å²) in [4.78, 5) is 46.2. The van der Waals surface area contributed by atoms with Crippen LogP contribution in [0.2, 0.25) is 0 Å². The van der Waals surface area contributed by atoms with Gasteiger partial charge in [-0.15, -0.1) is 0 Å². The number of morpholine rings is 1. The van der Waals surface area contributed by atoms with Crippen molar-refractivity contribution in [3.8, 4) is 11.3 Å². The van der Waals surface area contributed by atoms with E-state index in [9.17, 15) is 9.59 Å². The first kappa shape index (κ1) is 28.4. The Kier molecular flexibility index (Phi) is 8.06. The topological polar surface area (TPSA) is 128 Å². The van der Waals surface area contributed by atoms with Gasteiger partial charge in [0, 0.05) is 49.3 Å². The van der Waals surface area contributed by atoms with Crippen molar-refractivity contribution in [1.82, 2.24) is 30.2 Å². The minimum Gasteiger partial charge on any atom is -0.379 e. The number of amides is 2. The number of hydrogen-bond acceptors (Lipinski definition) is 8. The Bertz CT molecular complexity index is 1630. The Balaban J connectivity index is 1.10. The molecule has 0 bridgehead atoms. The average molecular weight is 581 g/mol. The van der Waals surface area contributed by atoms with Gasteiger partial charge in [0.2, 0.25) is 5.91 Å². The number of nitrogens with one attached hydrogen (secondary N) is 3. The summed E-state index contributed by atoms with van der Waals surface area (Å²) in [7, 11) is 0. The molecule has 1 atom stereocenters. The van der Waals surface area contributed by atoms with Gasteiger partial charge in [-0.2, -0.15) is 0 Å². The Morgan fingerprint density at radius 2 is 1.91 bits per heavy atom. The molecule has 0 spiro atoms. The van der Waals surface area contributed by atoms with Gasteiger partial charge in [-0.25, -0.2) is 9.97 Å². The normalized spacial score (nSPS) is 18.8. The molecule has 4 aromatic rings. The van der Waals surface area contributed by atoms with Gasteiger partial charge in [-0.05, 0) is 61.7 Å². The third-order valence-corrected chi connectivity index (χ3v) is 8.04. The fraction of sp³-hybridized carbons (Fsp3) is 0.344. The van der Waals surface area contributed by atoms with Crippen molar-refractivity contribution in [1.29, 1.82) is 0 Å². The lowest BCUT2D eigenvalue weighted by Gasteiger charge is -2.40. The van der Waals surface area contributed by atoms with Crippen LogP contribution in [-0.4, -0.2) is 81.6 Å².